The van der Waals surface area contributed by atoms with Crippen molar-refractivity contribution in [2.75, 3.05) is 13.1 Å². The summed E-state index contributed by atoms with van der Waals surface area (Å²) in [6, 6.07) is 4.98. The lowest BCUT2D eigenvalue weighted by Crippen LogP contribution is -2.17. The first-order chi connectivity index (χ1) is 7.59. The molecule has 0 heterocycles. The first kappa shape index (κ1) is 12.9. The number of halogens is 1. The van der Waals surface area contributed by atoms with Crippen LogP contribution >= 0.6 is 0 Å². The second kappa shape index (κ2) is 6.44. The summed E-state index contributed by atoms with van der Waals surface area (Å²) in [6.45, 7) is 7.96. The van der Waals surface area contributed by atoms with Gasteiger partial charge in [0.15, 0.2) is 0 Å². The van der Waals surface area contributed by atoms with E-state index in [0.29, 0.717) is 0 Å². The minimum Gasteiger partial charge on any atom is -0.313 e. The molecule has 0 aliphatic carbocycles. The standard InChI is InChI=1S/C14H20FN/c1-11(2)6-8-16-9-7-13-4-5-14(15)10-12(13)3/h4-6,10,16H,7-9H2,1-3H3. The maximum atomic E-state index is 12.9. The van der Waals surface area contributed by atoms with Crippen molar-refractivity contribution >= 4 is 0 Å². The van der Waals surface area contributed by atoms with Gasteiger partial charge in [-0.3, -0.25) is 0 Å². The molecule has 0 radical (unpaired) electrons. The number of rotatable bonds is 5. The number of nitrogens with one attached hydrogen (secondary N) is 1. The summed E-state index contributed by atoms with van der Waals surface area (Å²) in [5, 5.41) is 3.34. The summed E-state index contributed by atoms with van der Waals surface area (Å²) in [4.78, 5) is 0. The lowest BCUT2D eigenvalue weighted by atomic mass is 10.1. The largest absolute Gasteiger partial charge is 0.313 e. The molecule has 1 aromatic carbocycles. The van der Waals surface area contributed by atoms with Crippen molar-refractivity contribution in [2.45, 2.75) is 27.2 Å². The molecule has 0 aromatic heterocycles. The van der Waals surface area contributed by atoms with Crippen LogP contribution in [0.2, 0.25) is 0 Å². The molecule has 0 aliphatic rings. The van der Waals surface area contributed by atoms with Gasteiger partial charge in [-0.25, -0.2) is 4.39 Å². The smallest absolute Gasteiger partial charge is 0.123 e. The average Bonchev–Trinajstić information content (AvgIpc) is 2.20. The molecule has 0 unspecified atom stereocenters. The van der Waals surface area contributed by atoms with Gasteiger partial charge in [-0.1, -0.05) is 17.7 Å². The quantitative estimate of drug-likeness (QED) is 0.594. The Morgan fingerprint density at radius 2 is 2.12 bits per heavy atom. The third-order valence-electron chi connectivity index (χ3n) is 2.53. The molecule has 0 saturated heterocycles. The summed E-state index contributed by atoms with van der Waals surface area (Å²) in [5.41, 5.74) is 3.57. The number of hydrogen-bond donors (Lipinski definition) is 1. The fourth-order valence-electron chi connectivity index (χ4n) is 1.54. The molecule has 1 aromatic rings. The average molecular weight is 221 g/mol. The monoisotopic (exact) mass is 221 g/mol. The lowest BCUT2D eigenvalue weighted by Gasteiger charge is -2.06. The molecule has 1 rings (SSSR count). The summed E-state index contributed by atoms with van der Waals surface area (Å²) >= 11 is 0. The molecule has 88 valence electrons. The van der Waals surface area contributed by atoms with E-state index >= 15 is 0 Å². The van der Waals surface area contributed by atoms with E-state index in [-0.39, 0.29) is 5.82 Å². The molecule has 0 bridgehead atoms. The molecule has 1 nitrogen and oxygen atoms in total. The topological polar surface area (TPSA) is 12.0 Å². The highest BCUT2D eigenvalue weighted by Gasteiger charge is 1.99. The van der Waals surface area contributed by atoms with Gasteiger partial charge in [0.1, 0.15) is 5.82 Å². The Hall–Kier alpha value is -1.15. The molecule has 16 heavy (non-hydrogen) atoms. The van der Waals surface area contributed by atoms with E-state index in [9.17, 15) is 4.39 Å². The normalized spacial score (nSPS) is 10.2. The van der Waals surface area contributed by atoms with Crippen molar-refractivity contribution in [3.63, 3.8) is 0 Å². The number of hydrogen-bond acceptors (Lipinski definition) is 1. The fraction of sp³-hybridized carbons (Fsp3) is 0.429. The molecule has 1 N–H and O–H groups in total. The van der Waals surface area contributed by atoms with Gasteiger partial charge in [0, 0.05) is 6.54 Å². The van der Waals surface area contributed by atoms with Crippen LogP contribution in [0.15, 0.2) is 29.8 Å². The second-order valence-corrected chi connectivity index (χ2v) is 4.31. The third-order valence-corrected chi connectivity index (χ3v) is 2.53. The van der Waals surface area contributed by atoms with Gasteiger partial charge in [-0.15, -0.1) is 0 Å². The van der Waals surface area contributed by atoms with Gasteiger partial charge in [0.2, 0.25) is 0 Å². The molecular formula is C14H20FN. The van der Waals surface area contributed by atoms with Gasteiger partial charge in [0.05, 0.1) is 0 Å². The van der Waals surface area contributed by atoms with E-state index in [1.54, 1.807) is 6.07 Å². The molecular weight excluding hydrogens is 201 g/mol. The van der Waals surface area contributed by atoms with Gasteiger partial charge in [-0.05, 0) is 57.0 Å². The van der Waals surface area contributed by atoms with Crippen molar-refractivity contribution in [2.24, 2.45) is 0 Å². The lowest BCUT2D eigenvalue weighted by molar-refractivity contribution is 0.625. The summed E-state index contributed by atoms with van der Waals surface area (Å²) in [5.74, 6) is -0.154. The Labute approximate surface area is 97.4 Å². The molecule has 0 aliphatic heterocycles. The SMILES string of the molecule is CC(C)=CCNCCc1ccc(F)cc1C. The number of benzene rings is 1. The number of aryl methyl sites for hydroxylation is 1. The van der Waals surface area contributed by atoms with Crippen LogP contribution in [-0.2, 0) is 6.42 Å². The zero-order valence-corrected chi connectivity index (χ0v) is 10.3. The van der Waals surface area contributed by atoms with Crippen LogP contribution in [-0.4, -0.2) is 13.1 Å². The maximum absolute atomic E-state index is 12.9. The molecule has 0 saturated carbocycles. The van der Waals surface area contributed by atoms with Crippen LogP contribution in [0.1, 0.15) is 25.0 Å². The highest BCUT2D eigenvalue weighted by atomic mass is 19.1. The van der Waals surface area contributed by atoms with E-state index in [4.69, 9.17) is 0 Å². The summed E-state index contributed by atoms with van der Waals surface area (Å²) in [6.07, 6.45) is 3.11. The van der Waals surface area contributed by atoms with Gasteiger partial charge >= 0.3 is 0 Å². The van der Waals surface area contributed by atoms with Crippen LogP contribution in [0.4, 0.5) is 4.39 Å². The molecule has 2 heteroatoms. The minimum atomic E-state index is -0.154. The Bertz CT molecular complexity index is 365. The molecule has 0 amide bonds. The highest BCUT2D eigenvalue weighted by molar-refractivity contribution is 5.26. The minimum absolute atomic E-state index is 0.154. The van der Waals surface area contributed by atoms with Crippen molar-refractivity contribution in [1.82, 2.24) is 5.32 Å². The van der Waals surface area contributed by atoms with Gasteiger partial charge < -0.3 is 5.32 Å². The van der Waals surface area contributed by atoms with E-state index in [1.807, 2.05) is 13.0 Å². The van der Waals surface area contributed by atoms with E-state index in [1.165, 1.54) is 17.2 Å². The Morgan fingerprint density at radius 3 is 2.75 bits per heavy atom. The molecule has 0 fully saturated rings. The molecule has 0 atom stereocenters. The first-order valence-corrected chi connectivity index (χ1v) is 5.68. The zero-order valence-electron chi connectivity index (χ0n) is 10.3. The second-order valence-electron chi connectivity index (χ2n) is 4.31. The third kappa shape index (κ3) is 4.58. The first-order valence-electron chi connectivity index (χ1n) is 5.68. The predicted molar refractivity (Wildman–Crippen MR) is 67.1 cm³/mol. The van der Waals surface area contributed by atoms with Crippen LogP contribution < -0.4 is 5.32 Å². The Morgan fingerprint density at radius 1 is 1.38 bits per heavy atom. The molecule has 0 spiro atoms. The van der Waals surface area contributed by atoms with E-state index in [0.717, 1.165) is 25.1 Å². The summed E-state index contributed by atoms with van der Waals surface area (Å²) < 4.78 is 12.9. The number of allylic oxidation sites excluding steroid dienone is 1. The van der Waals surface area contributed by atoms with Crippen molar-refractivity contribution in [3.05, 3.63) is 46.8 Å². The zero-order chi connectivity index (χ0) is 12.0. The van der Waals surface area contributed by atoms with E-state index < -0.39 is 0 Å². The Balaban J connectivity index is 2.35. The van der Waals surface area contributed by atoms with Crippen LogP contribution in [0.5, 0.6) is 0 Å². The maximum Gasteiger partial charge on any atom is 0.123 e. The predicted octanol–water partition coefficient (Wildman–Crippen LogP) is 3.23. The highest BCUT2D eigenvalue weighted by Crippen LogP contribution is 2.10. The van der Waals surface area contributed by atoms with Crippen LogP contribution in [0.25, 0.3) is 0 Å². The van der Waals surface area contributed by atoms with Crippen molar-refractivity contribution in [3.8, 4) is 0 Å². The Kier molecular flexibility index (Phi) is 5.20. The fourth-order valence-corrected chi connectivity index (χ4v) is 1.54. The van der Waals surface area contributed by atoms with Crippen LogP contribution in [0.3, 0.4) is 0 Å². The summed E-state index contributed by atoms with van der Waals surface area (Å²) in [7, 11) is 0. The van der Waals surface area contributed by atoms with Gasteiger partial charge in [0.25, 0.3) is 0 Å². The van der Waals surface area contributed by atoms with Gasteiger partial charge in [-0.2, -0.15) is 0 Å². The van der Waals surface area contributed by atoms with E-state index in [2.05, 4.69) is 25.2 Å². The van der Waals surface area contributed by atoms with Crippen molar-refractivity contribution < 1.29 is 4.39 Å². The van der Waals surface area contributed by atoms with Crippen LogP contribution in [0, 0.1) is 12.7 Å². The van der Waals surface area contributed by atoms with Crippen molar-refractivity contribution in [1.29, 1.82) is 0 Å².